The highest BCUT2D eigenvalue weighted by molar-refractivity contribution is 7.89. The maximum absolute atomic E-state index is 12.5. The van der Waals surface area contributed by atoms with Crippen LogP contribution in [0.15, 0.2) is 17.3 Å². The van der Waals surface area contributed by atoms with Gasteiger partial charge >= 0.3 is 0 Å². The summed E-state index contributed by atoms with van der Waals surface area (Å²) in [5.41, 5.74) is 2.81. The van der Waals surface area contributed by atoms with Crippen LogP contribution in [0.2, 0.25) is 0 Å². The Kier molecular flexibility index (Phi) is 4.03. The molecular weight excluding hydrogens is 318 g/mol. The number of hydrogen-bond acceptors (Lipinski definition) is 5. The Morgan fingerprint density at radius 1 is 1.35 bits per heavy atom. The van der Waals surface area contributed by atoms with E-state index in [-0.39, 0.29) is 17.0 Å². The number of hydrogen-bond donors (Lipinski definition) is 1. The Labute approximate surface area is 135 Å². The second kappa shape index (κ2) is 5.73. The molecule has 1 aliphatic heterocycles. The molecule has 3 heterocycles. The first-order valence-electron chi connectivity index (χ1n) is 7.42. The van der Waals surface area contributed by atoms with E-state index in [1.165, 1.54) is 17.1 Å². The van der Waals surface area contributed by atoms with Gasteiger partial charge in [0, 0.05) is 38.2 Å². The van der Waals surface area contributed by atoms with Gasteiger partial charge in [-0.3, -0.25) is 9.36 Å². The zero-order valence-corrected chi connectivity index (χ0v) is 14.5. The predicted molar refractivity (Wildman–Crippen MR) is 83.3 cm³/mol. The molecule has 0 aromatic carbocycles. The summed E-state index contributed by atoms with van der Waals surface area (Å²) in [6, 6.07) is -0.318. The molecule has 2 atom stereocenters. The maximum atomic E-state index is 12.5. The first-order valence-corrected chi connectivity index (χ1v) is 8.90. The summed E-state index contributed by atoms with van der Waals surface area (Å²) in [6.07, 6.45) is 3.12. The van der Waals surface area contributed by atoms with E-state index in [0.717, 1.165) is 17.0 Å². The van der Waals surface area contributed by atoms with Crippen molar-refractivity contribution in [2.75, 3.05) is 6.61 Å². The molecule has 0 saturated carbocycles. The van der Waals surface area contributed by atoms with Crippen molar-refractivity contribution in [3.63, 3.8) is 0 Å². The topological polar surface area (TPSA) is 91.0 Å². The molecule has 9 heteroatoms. The van der Waals surface area contributed by atoms with E-state index in [0.29, 0.717) is 13.0 Å². The minimum Gasteiger partial charge on any atom is -0.372 e. The van der Waals surface area contributed by atoms with E-state index in [1.807, 2.05) is 20.9 Å². The van der Waals surface area contributed by atoms with Crippen LogP contribution < -0.4 is 4.72 Å². The average Bonchev–Trinajstić information content (AvgIpc) is 3.13. The van der Waals surface area contributed by atoms with Gasteiger partial charge in [-0.25, -0.2) is 13.1 Å². The smallest absolute Gasteiger partial charge is 0.244 e. The Balaban J connectivity index is 1.88. The van der Waals surface area contributed by atoms with Crippen LogP contribution in [0.3, 0.4) is 0 Å². The minimum atomic E-state index is -3.62. The molecule has 1 aliphatic rings. The fourth-order valence-electron chi connectivity index (χ4n) is 3.00. The van der Waals surface area contributed by atoms with Gasteiger partial charge in [0.05, 0.1) is 17.9 Å². The van der Waals surface area contributed by atoms with Crippen molar-refractivity contribution in [3.8, 4) is 0 Å². The lowest BCUT2D eigenvalue weighted by Gasteiger charge is -2.20. The van der Waals surface area contributed by atoms with Crippen molar-refractivity contribution in [1.82, 2.24) is 24.3 Å². The molecule has 0 unspecified atom stereocenters. The molecule has 8 nitrogen and oxygen atoms in total. The van der Waals surface area contributed by atoms with E-state index in [1.54, 1.807) is 11.7 Å². The van der Waals surface area contributed by atoms with Gasteiger partial charge in [0.2, 0.25) is 10.0 Å². The molecule has 0 aliphatic carbocycles. The Morgan fingerprint density at radius 3 is 2.65 bits per heavy atom. The van der Waals surface area contributed by atoms with E-state index in [9.17, 15) is 8.42 Å². The first-order chi connectivity index (χ1) is 10.8. The van der Waals surface area contributed by atoms with E-state index >= 15 is 0 Å². The summed E-state index contributed by atoms with van der Waals surface area (Å²) in [4.78, 5) is 0.158. The summed E-state index contributed by atoms with van der Waals surface area (Å²) >= 11 is 0. The summed E-state index contributed by atoms with van der Waals surface area (Å²) in [7, 11) is -0.0692. The predicted octanol–water partition coefficient (Wildman–Crippen LogP) is 0.579. The molecule has 0 radical (unpaired) electrons. The normalized spacial score (nSPS) is 21.9. The highest BCUT2D eigenvalue weighted by Crippen LogP contribution is 2.33. The Bertz CT molecular complexity index is 824. The second-order valence-electron chi connectivity index (χ2n) is 5.87. The summed E-state index contributed by atoms with van der Waals surface area (Å²) in [5.74, 6) is 0. The Morgan fingerprint density at radius 2 is 2.09 bits per heavy atom. The molecule has 1 fully saturated rings. The molecule has 126 valence electrons. The second-order valence-corrected chi connectivity index (χ2v) is 7.58. The van der Waals surface area contributed by atoms with Gasteiger partial charge < -0.3 is 4.74 Å². The number of aromatic nitrogens is 4. The summed E-state index contributed by atoms with van der Waals surface area (Å²) in [6.45, 7) is 4.39. The monoisotopic (exact) mass is 339 g/mol. The standard InChI is InChI=1S/C14H21N5O3S/c1-9-13(10(2)19(4)16-9)14-12(5-6-22-14)17-23(20,21)11-7-15-18(3)8-11/h7-8,12,14,17H,5-6H2,1-4H3/t12-,14-/m0/s1. The molecule has 2 aromatic heterocycles. The van der Waals surface area contributed by atoms with Crippen LogP contribution in [-0.4, -0.2) is 40.6 Å². The zero-order valence-electron chi connectivity index (χ0n) is 13.6. The highest BCUT2D eigenvalue weighted by atomic mass is 32.2. The van der Waals surface area contributed by atoms with Gasteiger partial charge in [0.1, 0.15) is 11.0 Å². The molecule has 0 spiro atoms. The zero-order chi connectivity index (χ0) is 16.8. The van der Waals surface area contributed by atoms with Gasteiger partial charge in [0.15, 0.2) is 0 Å². The number of rotatable bonds is 4. The highest BCUT2D eigenvalue weighted by Gasteiger charge is 2.36. The number of nitrogens with one attached hydrogen (secondary N) is 1. The lowest BCUT2D eigenvalue weighted by molar-refractivity contribution is 0.101. The van der Waals surface area contributed by atoms with Gasteiger partial charge in [-0.15, -0.1) is 0 Å². The third-order valence-corrected chi connectivity index (χ3v) is 5.68. The molecule has 1 saturated heterocycles. The molecular formula is C14H21N5O3S. The van der Waals surface area contributed by atoms with E-state index < -0.39 is 10.0 Å². The van der Waals surface area contributed by atoms with Crippen LogP contribution >= 0.6 is 0 Å². The van der Waals surface area contributed by atoms with Crippen molar-refractivity contribution < 1.29 is 13.2 Å². The lowest BCUT2D eigenvalue weighted by atomic mass is 10.0. The average molecular weight is 339 g/mol. The minimum absolute atomic E-state index is 0.158. The molecule has 0 bridgehead atoms. The largest absolute Gasteiger partial charge is 0.372 e. The third-order valence-electron chi connectivity index (χ3n) is 4.24. The first kappa shape index (κ1) is 16.2. The lowest BCUT2D eigenvalue weighted by Crippen LogP contribution is -2.37. The van der Waals surface area contributed by atoms with Crippen LogP contribution in [0.25, 0.3) is 0 Å². The maximum Gasteiger partial charge on any atom is 0.244 e. The number of sulfonamides is 1. The fraction of sp³-hybridized carbons (Fsp3) is 0.571. The van der Waals surface area contributed by atoms with E-state index in [2.05, 4.69) is 14.9 Å². The van der Waals surface area contributed by atoms with Crippen LogP contribution in [0.1, 0.15) is 29.5 Å². The molecule has 1 N–H and O–H groups in total. The van der Waals surface area contributed by atoms with Crippen molar-refractivity contribution in [3.05, 3.63) is 29.3 Å². The van der Waals surface area contributed by atoms with Gasteiger partial charge in [-0.05, 0) is 20.3 Å². The van der Waals surface area contributed by atoms with Gasteiger partial charge in [-0.1, -0.05) is 0 Å². The van der Waals surface area contributed by atoms with Gasteiger partial charge in [-0.2, -0.15) is 10.2 Å². The molecule has 23 heavy (non-hydrogen) atoms. The SMILES string of the molecule is Cc1nn(C)c(C)c1[C@H]1OCC[C@@H]1NS(=O)(=O)c1cnn(C)c1. The van der Waals surface area contributed by atoms with Crippen molar-refractivity contribution >= 4 is 10.0 Å². The summed E-state index contributed by atoms with van der Waals surface area (Å²) < 4.78 is 36.8. The fourth-order valence-corrected chi connectivity index (χ4v) is 4.25. The van der Waals surface area contributed by atoms with Crippen molar-refractivity contribution in [2.45, 2.75) is 37.3 Å². The van der Waals surface area contributed by atoms with Crippen LogP contribution in [0.5, 0.6) is 0 Å². The van der Waals surface area contributed by atoms with Crippen molar-refractivity contribution in [2.24, 2.45) is 14.1 Å². The molecule has 0 amide bonds. The summed E-state index contributed by atoms with van der Waals surface area (Å²) in [5, 5.41) is 8.31. The number of nitrogens with zero attached hydrogens (tertiary/aromatic N) is 4. The van der Waals surface area contributed by atoms with Crippen LogP contribution in [0, 0.1) is 13.8 Å². The Hall–Kier alpha value is -1.71. The van der Waals surface area contributed by atoms with Crippen molar-refractivity contribution in [1.29, 1.82) is 0 Å². The number of ether oxygens (including phenoxy) is 1. The quantitative estimate of drug-likeness (QED) is 0.880. The molecule has 3 rings (SSSR count). The third kappa shape index (κ3) is 2.91. The molecule has 2 aromatic rings. The van der Waals surface area contributed by atoms with Gasteiger partial charge in [0.25, 0.3) is 0 Å². The van der Waals surface area contributed by atoms with Crippen LogP contribution in [0.4, 0.5) is 0 Å². The van der Waals surface area contributed by atoms with E-state index in [4.69, 9.17) is 4.74 Å². The van der Waals surface area contributed by atoms with Crippen LogP contribution in [-0.2, 0) is 28.9 Å². The number of aryl methyl sites for hydroxylation is 3.